The summed E-state index contributed by atoms with van der Waals surface area (Å²) in [4.78, 5) is 0.130. The molecule has 0 aliphatic heterocycles. The first-order valence-corrected chi connectivity index (χ1v) is 8.29. The molecular weight excluding hydrogens is 312 g/mol. The Morgan fingerprint density at radius 3 is 2.67 bits per heavy atom. The van der Waals surface area contributed by atoms with Gasteiger partial charge in [0.25, 0.3) is 0 Å². The molecule has 0 spiro atoms. The Hall–Kier alpha value is -1.34. The molecule has 1 heterocycles. The predicted molar refractivity (Wildman–Crippen MR) is 81.7 cm³/mol. The Bertz CT molecular complexity index is 699. The van der Waals surface area contributed by atoms with E-state index in [0.717, 1.165) is 5.56 Å². The minimum Gasteiger partial charge on any atom is -0.468 e. The van der Waals surface area contributed by atoms with E-state index in [2.05, 4.69) is 10.0 Å². The van der Waals surface area contributed by atoms with Crippen molar-refractivity contribution in [2.75, 3.05) is 7.05 Å². The highest BCUT2D eigenvalue weighted by Crippen LogP contribution is 2.22. The van der Waals surface area contributed by atoms with Crippen LogP contribution in [0.5, 0.6) is 0 Å². The van der Waals surface area contributed by atoms with Crippen LogP contribution in [-0.2, 0) is 16.6 Å². The molecule has 0 saturated carbocycles. The second kappa shape index (κ2) is 6.62. The highest BCUT2D eigenvalue weighted by Gasteiger charge is 2.20. The Balaban J connectivity index is 2.21. The van der Waals surface area contributed by atoms with E-state index in [1.807, 2.05) is 0 Å². The second-order valence-corrected chi connectivity index (χ2v) is 6.76. The second-order valence-electron chi connectivity index (χ2n) is 4.64. The topological polar surface area (TPSA) is 71.3 Å². The van der Waals surface area contributed by atoms with Gasteiger partial charge in [0.1, 0.15) is 5.76 Å². The van der Waals surface area contributed by atoms with E-state index < -0.39 is 16.1 Å². The van der Waals surface area contributed by atoms with Crippen LogP contribution >= 0.6 is 11.6 Å². The Morgan fingerprint density at radius 2 is 2.10 bits per heavy atom. The lowest BCUT2D eigenvalue weighted by Gasteiger charge is -2.13. The third kappa shape index (κ3) is 3.85. The molecule has 0 fully saturated rings. The van der Waals surface area contributed by atoms with Crippen LogP contribution in [0.1, 0.15) is 24.3 Å². The number of halogens is 1. The lowest BCUT2D eigenvalue weighted by Crippen LogP contribution is -2.26. The van der Waals surface area contributed by atoms with Crippen LogP contribution in [0.25, 0.3) is 0 Å². The van der Waals surface area contributed by atoms with Crippen molar-refractivity contribution in [3.8, 4) is 0 Å². The maximum absolute atomic E-state index is 12.3. The van der Waals surface area contributed by atoms with Crippen LogP contribution in [-0.4, -0.2) is 15.5 Å². The molecule has 2 N–H and O–H groups in total. The van der Waals surface area contributed by atoms with E-state index in [0.29, 0.717) is 17.3 Å². The van der Waals surface area contributed by atoms with Gasteiger partial charge in [0.05, 0.1) is 17.2 Å². The Labute approximate surface area is 129 Å². The van der Waals surface area contributed by atoms with Gasteiger partial charge >= 0.3 is 0 Å². The third-order valence-electron chi connectivity index (χ3n) is 3.00. The molecule has 1 unspecified atom stereocenters. The van der Waals surface area contributed by atoms with E-state index >= 15 is 0 Å². The predicted octanol–water partition coefficient (Wildman–Crippen LogP) is 2.69. The molecule has 0 amide bonds. The average Bonchev–Trinajstić information content (AvgIpc) is 2.95. The van der Waals surface area contributed by atoms with Crippen molar-refractivity contribution >= 4 is 21.6 Å². The highest BCUT2D eigenvalue weighted by atomic mass is 35.5. The van der Waals surface area contributed by atoms with Crippen LogP contribution in [0.2, 0.25) is 5.02 Å². The summed E-state index contributed by atoms with van der Waals surface area (Å²) in [5, 5.41) is 3.39. The summed E-state index contributed by atoms with van der Waals surface area (Å²) >= 11 is 6.10. The number of nitrogens with one attached hydrogen (secondary N) is 2. The van der Waals surface area contributed by atoms with Gasteiger partial charge in [-0.05, 0) is 43.8 Å². The van der Waals surface area contributed by atoms with Crippen LogP contribution in [0.15, 0.2) is 45.9 Å². The number of hydrogen-bond acceptors (Lipinski definition) is 4. The molecule has 0 aliphatic rings. The van der Waals surface area contributed by atoms with Crippen molar-refractivity contribution in [3.63, 3.8) is 0 Å². The van der Waals surface area contributed by atoms with Crippen LogP contribution in [0.4, 0.5) is 0 Å². The summed E-state index contributed by atoms with van der Waals surface area (Å²) in [6.45, 7) is 2.29. The van der Waals surface area contributed by atoms with Gasteiger partial charge in [0.15, 0.2) is 0 Å². The zero-order chi connectivity index (χ0) is 15.5. The van der Waals surface area contributed by atoms with Crippen molar-refractivity contribution in [2.45, 2.75) is 24.4 Å². The molecule has 2 aromatic rings. The number of sulfonamides is 1. The summed E-state index contributed by atoms with van der Waals surface area (Å²) in [5.74, 6) is 0.552. The fourth-order valence-corrected chi connectivity index (χ4v) is 3.48. The van der Waals surface area contributed by atoms with Gasteiger partial charge in [-0.15, -0.1) is 0 Å². The van der Waals surface area contributed by atoms with Gasteiger partial charge in [0, 0.05) is 11.6 Å². The molecule has 0 radical (unpaired) electrons. The molecule has 0 saturated heterocycles. The standard InChI is InChI=1S/C14H17ClN2O3S/c1-10(14-4-3-7-20-14)17-21(18,19)12-6-5-11(9-16-2)13(15)8-12/h3-8,10,16-17H,9H2,1-2H3. The highest BCUT2D eigenvalue weighted by molar-refractivity contribution is 7.89. The SMILES string of the molecule is CNCc1ccc(S(=O)(=O)NC(C)c2ccco2)cc1Cl. The maximum atomic E-state index is 12.3. The normalized spacial score (nSPS) is 13.3. The molecule has 7 heteroatoms. The van der Waals surface area contributed by atoms with Crippen molar-refractivity contribution in [2.24, 2.45) is 0 Å². The summed E-state index contributed by atoms with van der Waals surface area (Å²) in [6, 6.07) is 7.66. The van der Waals surface area contributed by atoms with Crippen molar-refractivity contribution in [3.05, 3.63) is 52.9 Å². The summed E-state index contributed by atoms with van der Waals surface area (Å²) in [7, 11) is -1.86. The molecule has 1 atom stereocenters. The number of hydrogen-bond donors (Lipinski definition) is 2. The smallest absolute Gasteiger partial charge is 0.241 e. The first kappa shape index (κ1) is 16.0. The van der Waals surface area contributed by atoms with E-state index in [1.165, 1.54) is 18.4 Å². The largest absolute Gasteiger partial charge is 0.468 e. The van der Waals surface area contributed by atoms with Crippen molar-refractivity contribution in [1.82, 2.24) is 10.0 Å². The van der Waals surface area contributed by atoms with Crippen LogP contribution in [0, 0.1) is 0 Å². The molecule has 0 aliphatic carbocycles. The zero-order valence-corrected chi connectivity index (χ0v) is 13.3. The lowest BCUT2D eigenvalue weighted by molar-refractivity contribution is 0.459. The first-order chi connectivity index (χ1) is 9.94. The van der Waals surface area contributed by atoms with Gasteiger partial charge in [-0.3, -0.25) is 0 Å². The minimum absolute atomic E-state index is 0.130. The summed E-state index contributed by atoms with van der Waals surface area (Å²) in [6.07, 6.45) is 1.50. The van der Waals surface area contributed by atoms with Crippen molar-refractivity contribution in [1.29, 1.82) is 0 Å². The molecular formula is C14H17ClN2O3S. The summed E-state index contributed by atoms with van der Waals surface area (Å²) in [5.41, 5.74) is 0.845. The number of furan rings is 1. The quantitative estimate of drug-likeness (QED) is 0.855. The Kier molecular flexibility index (Phi) is 5.05. The number of rotatable bonds is 6. The van der Waals surface area contributed by atoms with E-state index in [-0.39, 0.29) is 4.90 Å². The van der Waals surface area contributed by atoms with Crippen LogP contribution in [0.3, 0.4) is 0 Å². The van der Waals surface area contributed by atoms with E-state index in [4.69, 9.17) is 16.0 Å². The molecule has 2 rings (SSSR count). The average molecular weight is 329 g/mol. The first-order valence-electron chi connectivity index (χ1n) is 6.43. The molecule has 114 valence electrons. The fraction of sp³-hybridized carbons (Fsp3) is 0.286. The van der Waals surface area contributed by atoms with Gasteiger partial charge in [-0.2, -0.15) is 0 Å². The third-order valence-corrected chi connectivity index (χ3v) is 4.89. The molecule has 0 bridgehead atoms. The monoisotopic (exact) mass is 328 g/mol. The van der Waals surface area contributed by atoms with E-state index in [9.17, 15) is 8.42 Å². The van der Waals surface area contributed by atoms with Gasteiger partial charge in [-0.1, -0.05) is 17.7 Å². The molecule has 5 nitrogen and oxygen atoms in total. The van der Waals surface area contributed by atoms with Crippen molar-refractivity contribution < 1.29 is 12.8 Å². The van der Waals surface area contributed by atoms with Crippen LogP contribution < -0.4 is 10.0 Å². The minimum atomic E-state index is -3.65. The summed E-state index contributed by atoms with van der Waals surface area (Å²) < 4.78 is 32.4. The lowest BCUT2D eigenvalue weighted by atomic mass is 10.2. The maximum Gasteiger partial charge on any atom is 0.241 e. The Morgan fingerprint density at radius 1 is 1.33 bits per heavy atom. The zero-order valence-electron chi connectivity index (χ0n) is 11.8. The molecule has 1 aromatic heterocycles. The number of benzene rings is 1. The molecule has 21 heavy (non-hydrogen) atoms. The van der Waals surface area contributed by atoms with Gasteiger partial charge in [-0.25, -0.2) is 13.1 Å². The van der Waals surface area contributed by atoms with E-state index in [1.54, 1.807) is 32.2 Å². The van der Waals surface area contributed by atoms with Gasteiger partial charge in [0.2, 0.25) is 10.0 Å². The molecule has 1 aromatic carbocycles. The van der Waals surface area contributed by atoms with Gasteiger partial charge < -0.3 is 9.73 Å². The fourth-order valence-electron chi connectivity index (χ4n) is 1.93.